The van der Waals surface area contributed by atoms with E-state index >= 15 is 0 Å². The molecule has 0 spiro atoms. The highest BCUT2D eigenvalue weighted by Gasteiger charge is 2.31. The van der Waals surface area contributed by atoms with Crippen LogP contribution in [0.5, 0.6) is 0 Å². The molecule has 0 aliphatic carbocycles. The molecule has 0 radical (unpaired) electrons. The maximum atomic E-state index is 4.28. The van der Waals surface area contributed by atoms with Gasteiger partial charge in [0.15, 0.2) is 0 Å². The van der Waals surface area contributed by atoms with Crippen molar-refractivity contribution >= 4 is 35.3 Å². The van der Waals surface area contributed by atoms with E-state index in [1.165, 1.54) is 17.3 Å². The maximum Gasteiger partial charge on any atom is 0.0380 e. The molecule has 1 aliphatic heterocycles. The van der Waals surface area contributed by atoms with Gasteiger partial charge in [-0.25, -0.2) is 10.9 Å². The Balaban J connectivity index is 2.43. The van der Waals surface area contributed by atoms with Gasteiger partial charge in [0.1, 0.15) is 0 Å². The van der Waals surface area contributed by atoms with Crippen molar-refractivity contribution in [2.45, 2.75) is 17.9 Å². The van der Waals surface area contributed by atoms with Gasteiger partial charge in [-0.2, -0.15) is 12.6 Å². The smallest absolute Gasteiger partial charge is 0.0380 e. The predicted molar refractivity (Wildman–Crippen MR) is 59.1 cm³/mol. The Bertz CT molecular complexity index is 111. The average molecular weight is 196 g/mol. The molecule has 1 atom stereocenters. The maximum absolute atomic E-state index is 4.28. The lowest BCUT2D eigenvalue weighted by Gasteiger charge is -2.29. The molecule has 1 rings (SSSR count). The van der Waals surface area contributed by atoms with Gasteiger partial charge in [0.2, 0.25) is 0 Å². The average Bonchev–Trinajstić information content (AvgIpc) is 2.13. The van der Waals surface area contributed by atoms with Gasteiger partial charge in [0.25, 0.3) is 0 Å². The first kappa shape index (κ1) is 9.14. The third-order valence-corrected chi connectivity index (χ3v) is 8.15. The Morgan fingerprint density at radius 1 is 1.60 bits per heavy atom. The zero-order chi connectivity index (χ0) is 7.61. The van der Waals surface area contributed by atoms with E-state index < -0.39 is 0 Å². The van der Waals surface area contributed by atoms with E-state index in [1.54, 1.807) is 0 Å². The van der Waals surface area contributed by atoms with E-state index in [0.717, 1.165) is 5.75 Å². The monoisotopic (exact) mass is 196 g/mol. The van der Waals surface area contributed by atoms with Crippen LogP contribution in [0.15, 0.2) is 0 Å². The van der Waals surface area contributed by atoms with Crippen molar-refractivity contribution in [3.05, 3.63) is 0 Å². The lowest BCUT2D eigenvalue weighted by atomic mass is 10.5. The molecule has 3 heteroatoms. The van der Waals surface area contributed by atoms with Gasteiger partial charge < -0.3 is 0 Å². The third kappa shape index (κ3) is 2.02. The second-order valence-corrected chi connectivity index (χ2v) is 8.57. The third-order valence-electron chi connectivity index (χ3n) is 1.95. The summed E-state index contributed by atoms with van der Waals surface area (Å²) in [5.41, 5.74) is 0. The minimum absolute atomic E-state index is 0.298. The van der Waals surface area contributed by atoms with Crippen LogP contribution in [0.2, 0.25) is 0 Å². The summed E-state index contributed by atoms with van der Waals surface area (Å²) in [6, 6.07) is 0. The fourth-order valence-corrected chi connectivity index (χ4v) is 6.83. The molecule has 1 aliphatic rings. The molecule has 1 saturated heterocycles. The normalized spacial score (nSPS) is 34.5. The Morgan fingerprint density at radius 3 is 2.70 bits per heavy atom. The van der Waals surface area contributed by atoms with Gasteiger partial charge in [-0.05, 0) is 31.1 Å². The van der Waals surface area contributed by atoms with Gasteiger partial charge >= 0.3 is 0 Å². The van der Waals surface area contributed by atoms with E-state index in [4.69, 9.17) is 0 Å². The number of thiol groups is 2. The largest absolute Gasteiger partial charge is 0.238 e. The van der Waals surface area contributed by atoms with E-state index in [0.29, 0.717) is 15.0 Å². The molecule has 0 saturated carbocycles. The van der Waals surface area contributed by atoms with Crippen LogP contribution in [0.25, 0.3) is 0 Å². The topological polar surface area (TPSA) is 0 Å². The molecule has 1 unspecified atom stereocenters. The molecule has 0 aromatic heterocycles. The second-order valence-electron chi connectivity index (χ2n) is 3.01. The molecule has 10 heavy (non-hydrogen) atoms. The predicted octanol–water partition coefficient (Wildman–Crippen LogP) is 2.40. The SMILES string of the molecule is CC1(C)SCC[SH]1CCS. The summed E-state index contributed by atoms with van der Waals surface area (Å²) in [5.74, 6) is 5.29. The highest BCUT2D eigenvalue weighted by molar-refractivity contribution is 8.31. The van der Waals surface area contributed by atoms with E-state index in [1.807, 2.05) is 0 Å². The van der Waals surface area contributed by atoms with Gasteiger partial charge in [-0.3, -0.25) is 0 Å². The van der Waals surface area contributed by atoms with E-state index in [9.17, 15) is 0 Å². The Morgan fingerprint density at radius 2 is 2.30 bits per heavy atom. The highest BCUT2D eigenvalue weighted by Crippen LogP contribution is 2.54. The van der Waals surface area contributed by atoms with Crippen LogP contribution in [0, 0.1) is 0 Å². The van der Waals surface area contributed by atoms with Gasteiger partial charge in [0.05, 0.1) is 0 Å². The van der Waals surface area contributed by atoms with Gasteiger partial charge in [-0.1, -0.05) is 0 Å². The molecule has 62 valence electrons. The summed E-state index contributed by atoms with van der Waals surface area (Å²) in [7, 11) is 0.298. The van der Waals surface area contributed by atoms with Crippen LogP contribution >= 0.6 is 35.3 Å². The number of rotatable bonds is 2. The van der Waals surface area contributed by atoms with Gasteiger partial charge in [0, 0.05) is 9.83 Å². The zero-order valence-corrected chi connectivity index (χ0v) is 9.24. The van der Waals surface area contributed by atoms with Crippen LogP contribution in [0.4, 0.5) is 0 Å². The molecule has 0 bridgehead atoms. The Kier molecular flexibility index (Phi) is 3.32. The molecule has 0 amide bonds. The van der Waals surface area contributed by atoms with Crippen molar-refractivity contribution in [3.8, 4) is 0 Å². The van der Waals surface area contributed by atoms with Crippen molar-refractivity contribution in [2.24, 2.45) is 0 Å². The lowest BCUT2D eigenvalue weighted by Crippen LogP contribution is -2.12. The Hall–Kier alpha value is 1.05. The molecule has 1 fully saturated rings. The van der Waals surface area contributed by atoms with Gasteiger partial charge in [-0.15, -0.1) is 11.8 Å². The van der Waals surface area contributed by atoms with Crippen molar-refractivity contribution in [3.63, 3.8) is 0 Å². The first-order valence-electron chi connectivity index (χ1n) is 3.67. The summed E-state index contributed by atoms with van der Waals surface area (Å²) in [6.45, 7) is 4.78. The molecule has 0 aromatic rings. The fourth-order valence-electron chi connectivity index (χ4n) is 1.27. The standard InChI is InChI=1S/C7H16S3/c1-7(2)9-4-6-10(7)5-3-8/h8,10H,3-6H2,1-2H3. The first-order valence-corrected chi connectivity index (χ1v) is 7.00. The van der Waals surface area contributed by atoms with Crippen LogP contribution < -0.4 is 0 Å². The van der Waals surface area contributed by atoms with Crippen LogP contribution in [-0.4, -0.2) is 27.1 Å². The first-order chi connectivity index (χ1) is 4.67. The quantitative estimate of drug-likeness (QED) is 0.640. The minimum Gasteiger partial charge on any atom is -0.238 e. The summed E-state index contributed by atoms with van der Waals surface area (Å²) in [5, 5.41) is 0. The van der Waals surface area contributed by atoms with Crippen molar-refractivity contribution < 1.29 is 0 Å². The van der Waals surface area contributed by atoms with Crippen LogP contribution in [0.1, 0.15) is 13.8 Å². The summed E-state index contributed by atoms with van der Waals surface area (Å²) < 4.78 is 0.595. The summed E-state index contributed by atoms with van der Waals surface area (Å²) in [6.07, 6.45) is 0. The van der Waals surface area contributed by atoms with Crippen molar-refractivity contribution in [1.82, 2.24) is 0 Å². The fraction of sp³-hybridized carbons (Fsp3) is 1.00. The molecule has 0 nitrogen and oxygen atoms in total. The zero-order valence-electron chi connectivity index (χ0n) is 6.63. The highest BCUT2D eigenvalue weighted by atomic mass is 32.2. The minimum atomic E-state index is 0.298. The summed E-state index contributed by atoms with van der Waals surface area (Å²) in [4.78, 5) is 0. The Labute approximate surface area is 76.3 Å². The lowest BCUT2D eigenvalue weighted by molar-refractivity contribution is 1.03. The molecule has 0 aromatic carbocycles. The second kappa shape index (κ2) is 3.63. The number of hydrogen-bond donors (Lipinski definition) is 2. The van der Waals surface area contributed by atoms with Crippen molar-refractivity contribution in [2.75, 3.05) is 23.0 Å². The number of thioether (sulfide) groups is 1. The summed E-state index contributed by atoms with van der Waals surface area (Å²) >= 11 is 6.42. The van der Waals surface area contributed by atoms with E-state index in [-0.39, 0.29) is 0 Å². The molecular formula is C7H16S3. The molecular weight excluding hydrogens is 180 g/mol. The molecule has 0 N–H and O–H groups in total. The van der Waals surface area contributed by atoms with Crippen molar-refractivity contribution in [1.29, 1.82) is 0 Å². The van der Waals surface area contributed by atoms with E-state index in [2.05, 4.69) is 38.2 Å². The molecule has 1 heterocycles. The van der Waals surface area contributed by atoms with Crippen LogP contribution in [-0.2, 0) is 0 Å². The van der Waals surface area contributed by atoms with Crippen LogP contribution in [0.3, 0.4) is 0 Å². The number of hydrogen-bond acceptors (Lipinski definition) is 2.